The van der Waals surface area contributed by atoms with Crippen molar-refractivity contribution in [2.45, 2.75) is 12.5 Å². The van der Waals surface area contributed by atoms with Gasteiger partial charge in [-0.1, -0.05) is 12.1 Å². The van der Waals surface area contributed by atoms with Gasteiger partial charge in [-0.15, -0.1) is 24.8 Å². The Bertz CT molecular complexity index is 1070. The molecule has 0 radical (unpaired) electrons. The number of hydrogen-bond acceptors (Lipinski definition) is 6. The van der Waals surface area contributed by atoms with Crippen LogP contribution < -0.4 is 15.0 Å². The number of para-hydroxylation sites is 2. The van der Waals surface area contributed by atoms with Crippen molar-refractivity contribution in [3.63, 3.8) is 0 Å². The second kappa shape index (κ2) is 13.4. The Morgan fingerprint density at radius 2 is 1.88 bits per heavy atom. The fourth-order valence-corrected chi connectivity index (χ4v) is 4.53. The number of piperazine rings is 1. The maximum absolute atomic E-state index is 12.4. The number of halogens is 3. The number of ether oxygens (including phenoxy) is 1. The average Bonchev–Trinajstić information content (AvgIpc) is 3.23. The third kappa shape index (κ3) is 7.14. The molecule has 186 valence electrons. The van der Waals surface area contributed by atoms with Crippen molar-refractivity contribution in [1.82, 2.24) is 10.2 Å². The summed E-state index contributed by atoms with van der Waals surface area (Å²) in [5, 5.41) is 14.2. The Morgan fingerprint density at radius 1 is 1.15 bits per heavy atom. The fraction of sp³-hybridized carbons (Fsp3) is 0.375. The average molecular weight is 622 g/mol. The smallest absolute Gasteiger partial charge is 0.287 e. The van der Waals surface area contributed by atoms with Crippen LogP contribution in [0.1, 0.15) is 17.0 Å². The summed E-state index contributed by atoms with van der Waals surface area (Å²) in [5.74, 6) is 0.925. The molecule has 10 heteroatoms. The van der Waals surface area contributed by atoms with Crippen LogP contribution in [0.5, 0.6) is 5.75 Å². The van der Waals surface area contributed by atoms with E-state index in [0.29, 0.717) is 30.9 Å². The molecule has 0 spiro atoms. The molecule has 1 amide bonds. The van der Waals surface area contributed by atoms with Crippen LogP contribution in [0.4, 0.5) is 5.69 Å². The zero-order valence-electron chi connectivity index (χ0n) is 18.9. The number of amides is 1. The van der Waals surface area contributed by atoms with Crippen LogP contribution in [0.25, 0.3) is 11.0 Å². The third-order valence-electron chi connectivity index (χ3n) is 5.73. The Balaban J connectivity index is 0.00000204. The first-order valence-corrected chi connectivity index (χ1v) is 11.9. The van der Waals surface area contributed by atoms with Crippen molar-refractivity contribution < 1.29 is 19.1 Å². The van der Waals surface area contributed by atoms with E-state index in [2.05, 4.69) is 43.8 Å². The fourth-order valence-electron chi connectivity index (χ4n) is 4.02. The second-order valence-electron chi connectivity index (χ2n) is 7.95. The Hall–Kier alpha value is -1.72. The van der Waals surface area contributed by atoms with Gasteiger partial charge in [0.05, 0.1) is 18.9 Å². The number of aliphatic hydroxyl groups is 1. The van der Waals surface area contributed by atoms with Gasteiger partial charge in [-0.05, 0) is 65.4 Å². The molecule has 34 heavy (non-hydrogen) atoms. The van der Waals surface area contributed by atoms with Crippen molar-refractivity contribution in [2.24, 2.45) is 0 Å². The third-order valence-corrected chi connectivity index (χ3v) is 6.40. The molecule has 2 aromatic carbocycles. The summed E-state index contributed by atoms with van der Waals surface area (Å²) >= 11 is 2.23. The first-order valence-electron chi connectivity index (χ1n) is 10.8. The SMILES string of the molecule is COc1ccccc1N1CCN(CC(O)CCNC(=O)c2cc3cc(I)ccc3o2)CC1.Cl.Cl. The Labute approximate surface area is 225 Å². The van der Waals surface area contributed by atoms with Crippen molar-refractivity contribution in [3.8, 4) is 5.75 Å². The predicted octanol–water partition coefficient (Wildman–Crippen LogP) is 4.19. The molecule has 1 aromatic heterocycles. The molecule has 7 nitrogen and oxygen atoms in total. The lowest BCUT2D eigenvalue weighted by molar-refractivity contribution is 0.0882. The van der Waals surface area contributed by atoms with Gasteiger partial charge < -0.3 is 24.5 Å². The molecule has 1 atom stereocenters. The number of anilines is 1. The van der Waals surface area contributed by atoms with E-state index < -0.39 is 6.10 Å². The minimum Gasteiger partial charge on any atom is -0.495 e. The normalized spacial score (nSPS) is 14.7. The van der Waals surface area contributed by atoms with Gasteiger partial charge >= 0.3 is 0 Å². The highest BCUT2D eigenvalue weighted by Crippen LogP contribution is 2.28. The minimum absolute atomic E-state index is 0. The van der Waals surface area contributed by atoms with Crippen molar-refractivity contribution in [1.29, 1.82) is 0 Å². The molecule has 1 aliphatic heterocycles. The highest BCUT2D eigenvalue weighted by molar-refractivity contribution is 14.1. The van der Waals surface area contributed by atoms with Crippen LogP contribution in [-0.2, 0) is 0 Å². The molecule has 0 bridgehead atoms. The summed E-state index contributed by atoms with van der Waals surface area (Å²) in [6, 6.07) is 15.6. The molecule has 1 aliphatic rings. The van der Waals surface area contributed by atoms with Crippen molar-refractivity contribution in [2.75, 3.05) is 51.3 Å². The highest BCUT2D eigenvalue weighted by atomic mass is 127. The second-order valence-corrected chi connectivity index (χ2v) is 9.20. The van der Waals surface area contributed by atoms with E-state index in [-0.39, 0.29) is 30.7 Å². The number of nitrogens with zero attached hydrogens (tertiary/aromatic N) is 2. The quantitative estimate of drug-likeness (QED) is 0.367. The van der Waals surface area contributed by atoms with Gasteiger partial charge in [0.2, 0.25) is 0 Å². The van der Waals surface area contributed by atoms with Gasteiger partial charge in [-0.3, -0.25) is 9.69 Å². The summed E-state index contributed by atoms with van der Waals surface area (Å²) in [4.78, 5) is 17.0. The molecule has 2 heterocycles. The van der Waals surface area contributed by atoms with E-state index in [9.17, 15) is 9.90 Å². The number of nitrogens with one attached hydrogen (secondary N) is 1. The van der Waals surface area contributed by atoms with E-state index in [4.69, 9.17) is 9.15 Å². The van der Waals surface area contributed by atoms with E-state index in [1.54, 1.807) is 13.2 Å². The van der Waals surface area contributed by atoms with Gasteiger partial charge in [0.1, 0.15) is 11.3 Å². The number of carbonyl (C=O) groups excluding carboxylic acids is 1. The van der Waals surface area contributed by atoms with Crippen LogP contribution in [0, 0.1) is 3.57 Å². The summed E-state index contributed by atoms with van der Waals surface area (Å²) in [6.45, 7) is 4.51. The lowest BCUT2D eigenvalue weighted by atomic mass is 10.2. The number of β-amino-alcohol motifs (C(OH)–C–C–N with tert-alkyl or cyclic N) is 1. The molecule has 3 aromatic rings. The summed E-state index contributed by atoms with van der Waals surface area (Å²) in [6.07, 6.45) is 0.00158. The molecule has 0 saturated carbocycles. The maximum atomic E-state index is 12.4. The van der Waals surface area contributed by atoms with Crippen LogP contribution in [-0.4, -0.2) is 68.4 Å². The standard InChI is InChI=1S/C24H28IN3O4.2ClH/c1-31-22-5-3-2-4-20(22)28-12-10-27(11-13-28)16-19(29)8-9-26-24(30)23-15-17-14-18(25)6-7-21(17)32-23;;/h2-7,14-15,19,29H,8-13,16H2,1H3,(H,26,30);2*1H. The molecule has 0 aliphatic carbocycles. The molecule has 4 rings (SSSR count). The topological polar surface area (TPSA) is 78.2 Å². The van der Waals surface area contributed by atoms with E-state index in [1.807, 2.05) is 36.4 Å². The summed E-state index contributed by atoms with van der Waals surface area (Å²) in [7, 11) is 1.69. The summed E-state index contributed by atoms with van der Waals surface area (Å²) < 4.78 is 12.2. The molecule has 1 saturated heterocycles. The van der Waals surface area contributed by atoms with Crippen molar-refractivity contribution in [3.05, 3.63) is 57.9 Å². The minimum atomic E-state index is -0.495. The number of rotatable bonds is 8. The maximum Gasteiger partial charge on any atom is 0.287 e. The van der Waals surface area contributed by atoms with Crippen LogP contribution in [0.2, 0.25) is 0 Å². The molecule has 2 N–H and O–H groups in total. The van der Waals surface area contributed by atoms with E-state index >= 15 is 0 Å². The zero-order valence-corrected chi connectivity index (χ0v) is 22.7. The number of fused-ring (bicyclic) bond motifs is 1. The molecule has 1 unspecified atom stereocenters. The van der Waals surface area contributed by atoms with Crippen molar-refractivity contribution >= 4 is 70.0 Å². The number of aliphatic hydroxyl groups excluding tert-OH is 1. The number of carbonyl (C=O) groups is 1. The highest BCUT2D eigenvalue weighted by Gasteiger charge is 2.21. The van der Waals surface area contributed by atoms with Gasteiger partial charge in [-0.2, -0.15) is 0 Å². The molecular formula is C24H30Cl2IN3O4. The van der Waals surface area contributed by atoms with Gasteiger partial charge in [0, 0.05) is 48.2 Å². The first-order chi connectivity index (χ1) is 15.5. The predicted molar refractivity (Wildman–Crippen MR) is 148 cm³/mol. The van der Waals surface area contributed by atoms with Crippen LogP contribution in [0.15, 0.2) is 52.9 Å². The first kappa shape index (κ1) is 28.5. The number of furan rings is 1. The largest absolute Gasteiger partial charge is 0.495 e. The Kier molecular flexibility index (Phi) is 11.2. The number of benzene rings is 2. The lowest BCUT2D eigenvalue weighted by Gasteiger charge is -2.37. The van der Waals surface area contributed by atoms with Gasteiger partial charge in [0.25, 0.3) is 5.91 Å². The van der Waals surface area contributed by atoms with Gasteiger partial charge in [0.15, 0.2) is 5.76 Å². The van der Waals surface area contributed by atoms with Gasteiger partial charge in [-0.25, -0.2) is 0 Å². The van der Waals surface area contributed by atoms with Crippen LogP contribution in [0.3, 0.4) is 0 Å². The molecule has 1 fully saturated rings. The summed E-state index contributed by atoms with van der Waals surface area (Å²) in [5.41, 5.74) is 1.81. The monoisotopic (exact) mass is 621 g/mol. The van der Waals surface area contributed by atoms with E-state index in [1.165, 1.54) is 0 Å². The van der Waals surface area contributed by atoms with E-state index in [0.717, 1.165) is 46.6 Å². The lowest BCUT2D eigenvalue weighted by Crippen LogP contribution is -2.49. The number of hydrogen-bond donors (Lipinski definition) is 2. The van der Waals surface area contributed by atoms with Crippen LogP contribution >= 0.6 is 47.4 Å². The Morgan fingerprint density at radius 3 is 2.62 bits per heavy atom. The zero-order chi connectivity index (χ0) is 22.5. The number of methoxy groups -OCH3 is 1. The molecular weight excluding hydrogens is 592 g/mol.